The van der Waals surface area contributed by atoms with E-state index in [1.165, 1.54) is 4.63 Å². The Labute approximate surface area is 133 Å². The number of amides is 1. The van der Waals surface area contributed by atoms with Crippen LogP contribution in [0.5, 0.6) is 0 Å². The zero-order valence-electron chi connectivity index (χ0n) is 13.2. The van der Waals surface area contributed by atoms with Crippen molar-refractivity contribution in [1.82, 2.24) is 25.3 Å². The number of anilines is 2. The third kappa shape index (κ3) is 3.10. The van der Waals surface area contributed by atoms with Crippen molar-refractivity contribution in [2.75, 3.05) is 23.8 Å². The van der Waals surface area contributed by atoms with Crippen LogP contribution in [0.15, 0.2) is 30.3 Å². The van der Waals surface area contributed by atoms with Crippen molar-refractivity contribution in [3.05, 3.63) is 41.5 Å². The maximum Gasteiger partial charge on any atom is 0.243 e. The fourth-order valence-electron chi connectivity index (χ4n) is 2.22. The topological polar surface area (TPSA) is 88.3 Å². The molecule has 2 aromatic heterocycles. The van der Waals surface area contributed by atoms with Gasteiger partial charge in [0.15, 0.2) is 11.5 Å². The fourth-order valence-corrected chi connectivity index (χ4v) is 2.22. The van der Waals surface area contributed by atoms with Crippen LogP contribution in [0.4, 0.5) is 11.5 Å². The minimum absolute atomic E-state index is 0.111. The molecule has 3 rings (SSSR count). The maximum absolute atomic E-state index is 12.2. The smallest absolute Gasteiger partial charge is 0.243 e. The molecule has 0 spiro atoms. The van der Waals surface area contributed by atoms with Crippen LogP contribution < -0.4 is 10.2 Å². The van der Waals surface area contributed by atoms with Crippen molar-refractivity contribution in [3.63, 3.8) is 0 Å². The molecule has 3 aromatic rings. The molecule has 0 unspecified atom stereocenters. The molecule has 1 N–H and O–H groups in total. The first-order chi connectivity index (χ1) is 11.0. The van der Waals surface area contributed by atoms with Crippen molar-refractivity contribution in [1.29, 1.82) is 0 Å². The van der Waals surface area contributed by atoms with E-state index < -0.39 is 0 Å². The Morgan fingerprint density at radius 1 is 1.26 bits per heavy atom. The summed E-state index contributed by atoms with van der Waals surface area (Å²) in [6.45, 7) is 4.18. The molecule has 1 amide bonds. The van der Waals surface area contributed by atoms with Crippen molar-refractivity contribution in [2.45, 2.75) is 13.8 Å². The van der Waals surface area contributed by atoms with E-state index in [0.29, 0.717) is 11.5 Å². The highest BCUT2D eigenvalue weighted by atomic mass is 16.2. The molecule has 0 saturated heterocycles. The lowest BCUT2D eigenvalue weighted by atomic mass is 10.1. The molecule has 0 aliphatic heterocycles. The zero-order chi connectivity index (χ0) is 16.4. The third-order valence-corrected chi connectivity index (χ3v) is 3.71. The van der Waals surface area contributed by atoms with Gasteiger partial charge in [-0.25, -0.2) is 0 Å². The number of carbonyl (C=O) groups is 1. The molecular formula is C15H17N7O. The van der Waals surface area contributed by atoms with Gasteiger partial charge in [-0.1, -0.05) is 12.1 Å². The van der Waals surface area contributed by atoms with E-state index in [0.717, 1.165) is 16.8 Å². The molecule has 0 bridgehead atoms. The van der Waals surface area contributed by atoms with E-state index in [4.69, 9.17) is 0 Å². The SMILES string of the molecule is Cc1cccc(NC(=O)CN(C)c2ccc3nnnn3n2)c1C. The molecule has 0 atom stereocenters. The Balaban J connectivity index is 1.70. The third-order valence-electron chi connectivity index (χ3n) is 3.71. The minimum Gasteiger partial charge on any atom is -0.349 e. The summed E-state index contributed by atoms with van der Waals surface area (Å²) in [5.41, 5.74) is 3.59. The zero-order valence-corrected chi connectivity index (χ0v) is 13.2. The number of nitrogens with one attached hydrogen (secondary N) is 1. The number of fused-ring (bicyclic) bond motifs is 1. The first-order valence-corrected chi connectivity index (χ1v) is 7.17. The molecular weight excluding hydrogens is 294 g/mol. The van der Waals surface area contributed by atoms with Crippen LogP contribution >= 0.6 is 0 Å². The molecule has 0 aliphatic rings. The van der Waals surface area contributed by atoms with Crippen LogP contribution in [0.3, 0.4) is 0 Å². The molecule has 0 aliphatic carbocycles. The highest BCUT2D eigenvalue weighted by Gasteiger charge is 2.11. The van der Waals surface area contributed by atoms with Gasteiger partial charge in [0, 0.05) is 12.7 Å². The average Bonchev–Trinajstić information content (AvgIpc) is 2.99. The Morgan fingerprint density at radius 2 is 2.09 bits per heavy atom. The van der Waals surface area contributed by atoms with E-state index in [2.05, 4.69) is 25.9 Å². The van der Waals surface area contributed by atoms with Gasteiger partial charge in [-0.15, -0.1) is 14.8 Å². The summed E-state index contributed by atoms with van der Waals surface area (Å²) < 4.78 is 1.33. The van der Waals surface area contributed by atoms with Crippen molar-refractivity contribution < 1.29 is 4.79 Å². The number of tetrazole rings is 1. The van der Waals surface area contributed by atoms with Gasteiger partial charge in [0.1, 0.15) is 0 Å². The highest BCUT2D eigenvalue weighted by Crippen LogP contribution is 2.18. The summed E-state index contributed by atoms with van der Waals surface area (Å²) in [7, 11) is 1.79. The van der Waals surface area contributed by atoms with Gasteiger partial charge >= 0.3 is 0 Å². The van der Waals surface area contributed by atoms with Crippen LogP contribution in [0, 0.1) is 13.8 Å². The van der Waals surface area contributed by atoms with Crippen molar-refractivity contribution >= 4 is 23.1 Å². The van der Waals surface area contributed by atoms with Gasteiger partial charge < -0.3 is 10.2 Å². The molecule has 0 saturated carbocycles. The number of hydrogen-bond donors (Lipinski definition) is 1. The second-order valence-electron chi connectivity index (χ2n) is 5.37. The molecule has 118 valence electrons. The minimum atomic E-state index is -0.111. The predicted octanol–water partition coefficient (Wildman–Crippen LogP) is 1.21. The number of aromatic nitrogens is 5. The first-order valence-electron chi connectivity index (χ1n) is 7.17. The van der Waals surface area contributed by atoms with Crippen LogP contribution in [-0.4, -0.2) is 44.8 Å². The molecule has 23 heavy (non-hydrogen) atoms. The summed E-state index contributed by atoms with van der Waals surface area (Å²) in [5.74, 6) is 0.501. The van der Waals surface area contributed by atoms with Crippen LogP contribution in [-0.2, 0) is 4.79 Å². The lowest BCUT2D eigenvalue weighted by Gasteiger charge is -2.18. The molecule has 0 radical (unpaired) electrons. The lowest BCUT2D eigenvalue weighted by Crippen LogP contribution is -2.31. The molecule has 8 heteroatoms. The van der Waals surface area contributed by atoms with E-state index in [1.54, 1.807) is 24.1 Å². The van der Waals surface area contributed by atoms with Crippen LogP contribution in [0.1, 0.15) is 11.1 Å². The maximum atomic E-state index is 12.2. The quantitative estimate of drug-likeness (QED) is 0.779. The summed E-state index contributed by atoms with van der Waals surface area (Å²) in [5, 5.41) is 18.3. The van der Waals surface area contributed by atoms with Gasteiger partial charge in [0.05, 0.1) is 6.54 Å². The standard InChI is InChI=1S/C15H17N7O/c1-10-5-4-6-12(11(10)2)16-15(23)9-21(3)14-8-7-13-17-19-20-22(13)18-14/h4-8H,9H2,1-3H3,(H,16,23). The second-order valence-corrected chi connectivity index (χ2v) is 5.37. The summed E-state index contributed by atoms with van der Waals surface area (Å²) >= 11 is 0. The Hall–Kier alpha value is -3.03. The number of carbonyl (C=O) groups excluding carboxylic acids is 1. The highest BCUT2D eigenvalue weighted by molar-refractivity contribution is 5.94. The number of nitrogens with zero attached hydrogens (tertiary/aromatic N) is 6. The number of rotatable bonds is 4. The monoisotopic (exact) mass is 311 g/mol. The summed E-state index contributed by atoms with van der Waals surface area (Å²) in [6.07, 6.45) is 0. The van der Waals surface area contributed by atoms with Gasteiger partial charge in [-0.2, -0.15) is 0 Å². The Kier molecular flexibility index (Phi) is 3.88. The summed E-state index contributed by atoms with van der Waals surface area (Å²) in [4.78, 5) is 14.0. The average molecular weight is 311 g/mol. The lowest BCUT2D eigenvalue weighted by molar-refractivity contribution is -0.114. The number of aryl methyl sites for hydroxylation is 1. The van der Waals surface area contributed by atoms with E-state index in [9.17, 15) is 4.79 Å². The van der Waals surface area contributed by atoms with Crippen LogP contribution in [0.25, 0.3) is 5.65 Å². The second kappa shape index (κ2) is 5.99. The first kappa shape index (κ1) is 14.9. The van der Waals surface area contributed by atoms with Crippen molar-refractivity contribution in [3.8, 4) is 0 Å². The van der Waals surface area contributed by atoms with Gasteiger partial charge in [0.2, 0.25) is 5.91 Å². The predicted molar refractivity (Wildman–Crippen MR) is 86.4 cm³/mol. The van der Waals surface area contributed by atoms with Crippen molar-refractivity contribution in [2.24, 2.45) is 0 Å². The molecule has 2 heterocycles. The van der Waals surface area contributed by atoms with E-state index in [-0.39, 0.29) is 12.5 Å². The number of hydrogen-bond acceptors (Lipinski definition) is 6. The van der Waals surface area contributed by atoms with Crippen LogP contribution in [0.2, 0.25) is 0 Å². The molecule has 1 aromatic carbocycles. The van der Waals surface area contributed by atoms with E-state index >= 15 is 0 Å². The number of benzene rings is 1. The van der Waals surface area contributed by atoms with E-state index in [1.807, 2.05) is 32.0 Å². The van der Waals surface area contributed by atoms with Gasteiger partial charge in [0.25, 0.3) is 0 Å². The normalized spacial score (nSPS) is 10.7. The van der Waals surface area contributed by atoms with Gasteiger partial charge in [-0.05, 0) is 53.6 Å². The number of likely N-dealkylation sites (N-methyl/N-ethyl adjacent to an activating group) is 1. The fraction of sp³-hybridized carbons (Fsp3) is 0.267. The molecule has 8 nitrogen and oxygen atoms in total. The largest absolute Gasteiger partial charge is 0.349 e. The molecule has 0 fully saturated rings. The van der Waals surface area contributed by atoms with Gasteiger partial charge in [-0.3, -0.25) is 4.79 Å². The Bertz CT molecular complexity index is 858. The summed E-state index contributed by atoms with van der Waals surface area (Å²) in [6, 6.07) is 9.36. The Morgan fingerprint density at radius 3 is 2.91 bits per heavy atom.